The van der Waals surface area contributed by atoms with Crippen LogP contribution in [-0.2, 0) is 9.59 Å². The van der Waals surface area contributed by atoms with Crippen LogP contribution < -0.4 is 10.6 Å². The summed E-state index contributed by atoms with van der Waals surface area (Å²) in [5.74, 6) is -0.962. The van der Waals surface area contributed by atoms with Crippen molar-refractivity contribution < 1.29 is 9.59 Å². The summed E-state index contributed by atoms with van der Waals surface area (Å²) in [7, 11) is 0. The number of carbonyl (C=O) groups excluding carboxylic acids is 2. The van der Waals surface area contributed by atoms with Crippen LogP contribution in [0.5, 0.6) is 0 Å². The van der Waals surface area contributed by atoms with Gasteiger partial charge in [0.05, 0.1) is 0 Å². The Kier molecular flexibility index (Phi) is 7.05. The van der Waals surface area contributed by atoms with Crippen molar-refractivity contribution in [1.29, 1.82) is 10.5 Å². The topological polar surface area (TPSA) is 137 Å². The predicted octanol–water partition coefficient (Wildman–Crippen LogP) is 3.79. The zero-order valence-corrected chi connectivity index (χ0v) is 18.8. The number of hydrogen-bond acceptors (Lipinski definition) is 4. The SMILES string of the molecule is N#C/C(=C\c1ccc2[nH]ccc2c1)C(=O)NCCCNC(=O)/C(C#N)=C/c1ccc2[nH]ccc2c1. The van der Waals surface area contributed by atoms with Crippen LogP contribution in [0.4, 0.5) is 0 Å². The first-order chi connectivity index (χ1) is 17.1. The number of hydrogen-bond donors (Lipinski definition) is 4. The van der Waals surface area contributed by atoms with Gasteiger partial charge in [-0.2, -0.15) is 10.5 Å². The molecule has 0 saturated heterocycles. The summed E-state index contributed by atoms with van der Waals surface area (Å²) in [6.45, 7) is 0.537. The molecule has 0 aliphatic rings. The number of aromatic nitrogens is 2. The molecular formula is C27H22N6O2. The van der Waals surface area contributed by atoms with Crippen LogP contribution in [0, 0.1) is 22.7 Å². The molecule has 4 aromatic rings. The third-order valence-electron chi connectivity index (χ3n) is 5.43. The fourth-order valence-corrected chi connectivity index (χ4v) is 3.64. The summed E-state index contributed by atoms with van der Waals surface area (Å²) in [6, 6.07) is 18.9. The average Bonchev–Trinajstić information content (AvgIpc) is 3.54. The maximum atomic E-state index is 12.4. The van der Waals surface area contributed by atoms with Crippen molar-refractivity contribution in [3.8, 4) is 12.1 Å². The number of amides is 2. The third-order valence-corrected chi connectivity index (χ3v) is 5.43. The third kappa shape index (κ3) is 5.65. The molecule has 0 radical (unpaired) electrons. The molecular weight excluding hydrogens is 440 g/mol. The molecule has 2 aromatic carbocycles. The predicted molar refractivity (Wildman–Crippen MR) is 134 cm³/mol. The normalized spacial score (nSPS) is 11.7. The molecule has 2 amide bonds. The number of fused-ring (bicyclic) bond motifs is 2. The first-order valence-corrected chi connectivity index (χ1v) is 11.0. The Labute approximate surface area is 201 Å². The van der Waals surface area contributed by atoms with Crippen molar-refractivity contribution >= 4 is 45.8 Å². The smallest absolute Gasteiger partial charge is 0.261 e. The van der Waals surface area contributed by atoms with E-state index in [-0.39, 0.29) is 24.2 Å². The Morgan fingerprint density at radius 1 is 0.743 bits per heavy atom. The fraction of sp³-hybridized carbons (Fsp3) is 0.111. The van der Waals surface area contributed by atoms with Gasteiger partial charge in [0, 0.05) is 36.5 Å². The molecule has 0 saturated carbocycles. The highest BCUT2D eigenvalue weighted by Crippen LogP contribution is 2.17. The molecule has 2 heterocycles. The van der Waals surface area contributed by atoms with Crippen molar-refractivity contribution in [2.24, 2.45) is 0 Å². The highest BCUT2D eigenvalue weighted by molar-refractivity contribution is 6.03. The van der Waals surface area contributed by atoms with Gasteiger partial charge in [-0.3, -0.25) is 9.59 Å². The summed E-state index contributed by atoms with van der Waals surface area (Å²) < 4.78 is 0. The zero-order valence-electron chi connectivity index (χ0n) is 18.8. The van der Waals surface area contributed by atoms with Gasteiger partial charge in [-0.25, -0.2) is 0 Å². The summed E-state index contributed by atoms with van der Waals surface area (Å²) in [5, 5.41) is 26.1. The van der Waals surface area contributed by atoms with Gasteiger partial charge < -0.3 is 20.6 Å². The van der Waals surface area contributed by atoms with E-state index >= 15 is 0 Å². The van der Waals surface area contributed by atoms with E-state index in [0.717, 1.165) is 32.9 Å². The van der Waals surface area contributed by atoms with Gasteiger partial charge in [0.25, 0.3) is 11.8 Å². The van der Waals surface area contributed by atoms with Gasteiger partial charge in [-0.1, -0.05) is 12.1 Å². The van der Waals surface area contributed by atoms with Crippen LogP contribution in [0.25, 0.3) is 34.0 Å². The van der Waals surface area contributed by atoms with Gasteiger partial charge >= 0.3 is 0 Å². The van der Waals surface area contributed by atoms with E-state index < -0.39 is 11.8 Å². The lowest BCUT2D eigenvalue weighted by Gasteiger charge is -2.06. The number of H-pyrrole nitrogens is 2. The highest BCUT2D eigenvalue weighted by Gasteiger charge is 2.11. The Morgan fingerprint density at radius 2 is 1.20 bits per heavy atom. The molecule has 4 N–H and O–H groups in total. The van der Waals surface area contributed by atoms with E-state index in [0.29, 0.717) is 6.42 Å². The monoisotopic (exact) mass is 462 g/mol. The number of nitriles is 2. The van der Waals surface area contributed by atoms with Gasteiger partial charge in [-0.05, 0) is 76.9 Å². The lowest BCUT2D eigenvalue weighted by Crippen LogP contribution is -2.30. The van der Waals surface area contributed by atoms with Crippen LogP contribution in [-0.4, -0.2) is 34.9 Å². The number of benzene rings is 2. The maximum absolute atomic E-state index is 12.4. The minimum Gasteiger partial charge on any atom is -0.361 e. The molecule has 0 unspecified atom stereocenters. The standard InChI is InChI=1S/C27H22N6O2/c28-16-22(14-18-2-4-24-20(12-18)6-10-30-24)26(34)32-8-1-9-33-27(35)23(17-29)15-19-3-5-25-21(13-19)7-11-31-25/h2-7,10-15,30-31H,1,8-9H2,(H,32,34)(H,33,35)/b22-14+,23-15+. The first-order valence-electron chi connectivity index (χ1n) is 11.0. The Morgan fingerprint density at radius 3 is 1.63 bits per heavy atom. The molecule has 35 heavy (non-hydrogen) atoms. The summed E-state index contributed by atoms with van der Waals surface area (Å²) >= 11 is 0. The zero-order chi connectivity index (χ0) is 24.6. The van der Waals surface area contributed by atoms with Gasteiger partial charge in [-0.15, -0.1) is 0 Å². The van der Waals surface area contributed by atoms with E-state index in [9.17, 15) is 20.1 Å². The molecule has 0 aliphatic carbocycles. The number of aromatic amines is 2. The van der Waals surface area contributed by atoms with Crippen LogP contribution in [0.2, 0.25) is 0 Å². The number of rotatable bonds is 8. The van der Waals surface area contributed by atoms with E-state index in [1.807, 2.05) is 73.1 Å². The number of carbonyl (C=O) groups is 2. The molecule has 2 aromatic heterocycles. The van der Waals surface area contributed by atoms with Crippen molar-refractivity contribution in [3.05, 3.63) is 83.2 Å². The highest BCUT2D eigenvalue weighted by atomic mass is 16.2. The van der Waals surface area contributed by atoms with Crippen molar-refractivity contribution in [2.45, 2.75) is 6.42 Å². The van der Waals surface area contributed by atoms with Crippen LogP contribution in [0.3, 0.4) is 0 Å². The van der Waals surface area contributed by atoms with E-state index in [2.05, 4.69) is 20.6 Å². The Bertz CT molecular complexity index is 1420. The molecule has 0 aliphatic heterocycles. The Balaban J connectivity index is 1.26. The number of nitrogens with zero attached hydrogens (tertiary/aromatic N) is 2. The maximum Gasteiger partial charge on any atom is 0.261 e. The molecule has 0 spiro atoms. The first kappa shape index (κ1) is 23.1. The van der Waals surface area contributed by atoms with Crippen LogP contribution in [0.1, 0.15) is 17.5 Å². The van der Waals surface area contributed by atoms with E-state index in [1.54, 1.807) is 12.2 Å². The molecule has 0 fully saturated rings. The van der Waals surface area contributed by atoms with E-state index in [1.165, 1.54) is 0 Å². The van der Waals surface area contributed by atoms with E-state index in [4.69, 9.17) is 0 Å². The molecule has 0 bridgehead atoms. The molecule has 8 nitrogen and oxygen atoms in total. The molecule has 0 atom stereocenters. The lowest BCUT2D eigenvalue weighted by atomic mass is 10.1. The average molecular weight is 463 g/mol. The van der Waals surface area contributed by atoms with Gasteiger partial charge in [0.1, 0.15) is 23.3 Å². The second-order valence-electron chi connectivity index (χ2n) is 7.85. The molecule has 8 heteroatoms. The van der Waals surface area contributed by atoms with Gasteiger partial charge in [0.15, 0.2) is 0 Å². The minimum absolute atomic E-state index is 0.00184. The second-order valence-corrected chi connectivity index (χ2v) is 7.85. The molecule has 4 rings (SSSR count). The van der Waals surface area contributed by atoms with Crippen molar-refractivity contribution in [1.82, 2.24) is 20.6 Å². The van der Waals surface area contributed by atoms with Crippen LogP contribution >= 0.6 is 0 Å². The van der Waals surface area contributed by atoms with Crippen LogP contribution in [0.15, 0.2) is 72.1 Å². The molecule has 172 valence electrons. The van der Waals surface area contributed by atoms with Gasteiger partial charge in [0.2, 0.25) is 0 Å². The quantitative estimate of drug-likeness (QED) is 0.180. The van der Waals surface area contributed by atoms with Crippen molar-refractivity contribution in [3.63, 3.8) is 0 Å². The summed E-state index contributed by atoms with van der Waals surface area (Å²) in [6.07, 6.45) is 7.18. The summed E-state index contributed by atoms with van der Waals surface area (Å²) in [4.78, 5) is 30.9. The second kappa shape index (κ2) is 10.7. The number of nitrogens with one attached hydrogen (secondary N) is 4. The Hall–Kier alpha value is -5.08. The van der Waals surface area contributed by atoms with Crippen molar-refractivity contribution in [2.75, 3.05) is 13.1 Å². The minimum atomic E-state index is -0.481. The lowest BCUT2D eigenvalue weighted by molar-refractivity contribution is -0.117. The summed E-state index contributed by atoms with van der Waals surface area (Å²) in [5.41, 5.74) is 3.45. The largest absolute Gasteiger partial charge is 0.361 e. The fourth-order valence-electron chi connectivity index (χ4n) is 3.64.